The third-order valence-corrected chi connectivity index (χ3v) is 2.08. The highest BCUT2D eigenvalue weighted by molar-refractivity contribution is 8.68. The van der Waals surface area contributed by atoms with E-state index < -0.39 is 11.9 Å². The van der Waals surface area contributed by atoms with Crippen LogP contribution in [0.15, 0.2) is 23.2 Å². The molecule has 0 atom stereocenters. The highest BCUT2D eigenvalue weighted by atomic mass is 33.1. The fourth-order valence-corrected chi connectivity index (χ4v) is 1.21. The van der Waals surface area contributed by atoms with Crippen molar-refractivity contribution in [2.45, 2.75) is 11.2 Å². The van der Waals surface area contributed by atoms with Gasteiger partial charge in [-0.05, 0) is 22.9 Å². The van der Waals surface area contributed by atoms with Crippen LogP contribution in [0.3, 0.4) is 0 Å². The number of hydrogen-bond donors (Lipinski definition) is 1. The van der Waals surface area contributed by atoms with Crippen LogP contribution in [0.25, 0.3) is 0 Å². The molecular weight excluding hydrogens is 207 g/mol. The summed E-state index contributed by atoms with van der Waals surface area (Å²) in [5, 5.41) is 0.244. The number of aromatic nitrogens is 1. The smallest absolute Gasteiger partial charge is 0.236 e. The Kier molecular flexibility index (Phi) is 2.89. The van der Waals surface area contributed by atoms with E-state index in [9.17, 15) is 13.2 Å². The molecule has 6 heteroatoms. The van der Waals surface area contributed by atoms with Crippen molar-refractivity contribution in [3.05, 3.63) is 23.9 Å². The molecule has 0 N–H and O–H groups in total. The zero-order valence-electron chi connectivity index (χ0n) is 5.67. The lowest BCUT2D eigenvalue weighted by atomic mass is 10.3. The second-order valence-corrected chi connectivity index (χ2v) is 3.10. The van der Waals surface area contributed by atoms with Crippen LogP contribution in [0.4, 0.5) is 13.2 Å². The summed E-state index contributed by atoms with van der Waals surface area (Å²) in [4.78, 5) is 3.32. The summed E-state index contributed by atoms with van der Waals surface area (Å²) >= 11 is 3.74. The predicted octanol–water partition coefficient (Wildman–Crippen LogP) is 3.04. The Hall–Kier alpha value is -0.360. The maximum Gasteiger partial charge on any atom is 0.433 e. The molecule has 0 bridgehead atoms. The van der Waals surface area contributed by atoms with Gasteiger partial charge in [0.25, 0.3) is 0 Å². The van der Waals surface area contributed by atoms with Crippen molar-refractivity contribution in [2.75, 3.05) is 0 Å². The summed E-state index contributed by atoms with van der Waals surface area (Å²) < 4.78 is 36.0. The number of alkyl halides is 3. The second-order valence-electron chi connectivity index (χ2n) is 1.95. The van der Waals surface area contributed by atoms with Gasteiger partial charge in [-0.25, -0.2) is 4.98 Å². The highest BCUT2D eigenvalue weighted by Gasteiger charge is 2.32. The second kappa shape index (κ2) is 3.57. The molecule has 0 aliphatic carbocycles. The monoisotopic (exact) mass is 211 g/mol. The number of nitrogens with zero attached hydrogens (tertiary/aromatic N) is 1. The van der Waals surface area contributed by atoms with Crippen molar-refractivity contribution < 1.29 is 13.2 Å². The summed E-state index contributed by atoms with van der Waals surface area (Å²) in [5.41, 5.74) is -0.887. The van der Waals surface area contributed by atoms with Gasteiger partial charge in [-0.15, -0.1) is 11.7 Å². The Balaban J connectivity index is 3.02. The van der Waals surface area contributed by atoms with E-state index in [2.05, 4.69) is 16.6 Å². The van der Waals surface area contributed by atoms with E-state index >= 15 is 0 Å². The van der Waals surface area contributed by atoms with Gasteiger partial charge in [0.05, 0.1) is 0 Å². The maximum atomic E-state index is 12.0. The fourth-order valence-electron chi connectivity index (χ4n) is 0.624. The lowest BCUT2D eigenvalue weighted by Gasteiger charge is -2.05. The lowest BCUT2D eigenvalue weighted by molar-refractivity contribution is -0.141. The van der Waals surface area contributed by atoms with Gasteiger partial charge < -0.3 is 0 Å². The molecule has 0 fully saturated rings. The SMILES string of the molecule is FC(F)(F)c1cccc(SS)n1. The van der Waals surface area contributed by atoms with E-state index in [1.807, 2.05) is 0 Å². The summed E-state index contributed by atoms with van der Waals surface area (Å²) in [5.74, 6) is 0. The first-order chi connectivity index (χ1) is 5.54. The van der Waals surface area contributed by atoms with Crippen LogP contribution in [-0.2, 0) is 6.18 Å². The van der Waals surface area contributed by atoms with E-state index in [1.54, 1.807) is 0 Å². The number of hydrogen-bond acceptors (Lipinski definition) is 3. The zero-order chi connectivity index (χ0) is 9.19. The quantitative estimate of drug-likeness (QED) is 0.566. The van der Waals surface area contributed by atoms with Gasteiger partial charge in [-0.2, -0.15) is 13.2 Å². The Morgan fingerprint density at radius 1 is 1.33 bits per heavy atom. The van der Waals surface area contributed by atoms with Gasteiger partial charge in [0, 0.05) is 0 Å². The van der Waals surface area contributed by atoms with Crippen LogP contribution in [0.5, 0.6) is 0 Å². The Morgan fingerprint density at radius 2 is 2.00 bits per heavy atom. The molecule has 66 valence electrons. The molecule has 1 heterocycles. The molecule has 0 amide bonds. The molecule has 0 spiro atoms. The zero-order valence-corrected chi connectivity index (χ0v) is 7.38. The molecule has 0 saturated carbocycles. The van der Waals surface area contributed by atoms with Crippen molar-refractivity contribution in [3.63, 3.8) is 0 Å². The van der Waals surface area contributed by atoms with Crippen LogP contribution in [0, 0.1) is 0 Å². The van der Waals surface area contributed by atoms with Crippen molar-refractivity contribution in [1.82, 2.24) is 4.98 Å². The number of halogens is 3. The van der Waals surface area contributed by atoms with E-state index in [1.165, 1.54) is 12.1 Å². The summed E-state index contributed by atoms with van der Waals surface area (Å²) in [6.07, 6.45) is -4.38. The van der Waals surface area contributed by atoms with Gasteiger partial charge in [0.2, 0.25) is 0 Å². The van der Waals surface area contributed by atoms with Crippen LogP contribution < -0.4 is 0 Å². The summed E-state index contributed by atoms with van der Waals surface area (Å²) in [6, 6.07) is 3.69. The lowest BCUT2D eigenvalue weighted by Crippen LogP contribution is -2.07. The Bertz CT molecular complexity index is 274. The van der Waals surface area contributed by atoms with Crippen LogP contribution >= 0.6 is 22.5 Å². The number of thiol groups is 1. The Labute approximate surface area is 76.2 Å². The van der Waals surface area contributed by atoms with Crippen LogP contribution in [0.2, 0.25) is 0 Å². The molecule has 1 nitrogen and oxygen atoms in total. The van der Waals surface area contributed by atoms with E-state index in [0.717, 1.165) is 16.9 Å². The van der Waals surface area contributed by atoms with Crippen molar-refractivity contribution in [2.24, 2.45) is 0 Å². The Morgan fingerprint density at radius 3 is 2.50 bits per heavy atom. The molecule has 0 aliphatic heterocycles. The molecule has 0 unspecified atom stereocenters. The van der Waals surface area contributed by atoms with Gasteiger partial charge >= 0.3 is 6.18 Å². The van der Waals surface area contributed by atoms with Crippen LogP contribution in [-0.4, -0.2) is 4.98 Å². The van der Waals surface area contributed by atoms with Gasteiger partial charge in [0.1, 0.15) is 10.7 Å². The first kappa shape index (κ1) is 9.73. The maximum absolute atomic E-state index is 12.0. The first-order valence-electron chi connectivity index (χ1n) is 2.89. The van der Waals surface area contributed by atoms with E-state index in [0.29, 0.717) is 0 Å². The predicted molar refractivity (Wildman–Crippen MR) is 44.1 cm³/mol. The molecule has 0 aliphatic rings. The molecule has 0 aromatic carbocycles. The van der Waals surface area contributed by atoms with Crippen molar-refractivity contribution in [1.29, 1.82) is 0 Å². The van der Waals surface area contributed by atoms with Gasteiger partial charge in [-0.3, -0.25) is 0 Å². The molecule has 0 radical (unpaired) electrons. The topological polar surface area (TPSA) is 12.9 Å². The highest BCUT2D eigenvalue weighted by Crippen LogP contribution is 2.29. The first-order valence-corrected chi connectivity index (χ1v) is 4.76. The van der Waals surface area contributed by atoms with Crippen LogP contribution in [0.1, 0.15) is 5.69 Å². The summed E-state index contributed by atoms with van der Waals surface area (Å²) in [6.45, 7) is 0. The minimum absolute atomic E-state index is 0.244. The molecule has 1 rings (SSSR count). The fraction of sp³-hybridized carbons (Fsp3) is 0.167. The average molecular weight is 211 g/mol. The third kappa shape index (κ3) is 2.31. The molecule has 0 saturated heterocycles. The standard InChI is InChI=1S/C6H4F3NS2/c7-6(8,9)4-2-1-3-5(10-4)12-11/h1-3,11H. The van der Waals surface area contributed by atoms with Gasteiger partial charge in [-0.1, -0.05) is 6.07 Å². The normalized spacial score (nSPS) is 11.7. The largest absolute Gasteiger partial charge is 0.433 e. The average Bonchev–Trinajstić information content (AvgIpc) is 2.03. The number of pyridine rings is 1. The van der Waals surface area contributed by atoms with Gasteiger partial charge in [0.15, 0.2) is 0 Å². The molecular formula is C6H4F3NS2. The molecule has 1 aromatic rings. The van der Waals surface area contributed by atoms with Crippen molar-refractivity contribution >= 4 is 22.5 Å². The third-order valence-electron chi connectivity index (χ3n) is 1.11. The minimum atomic E-state index is -4.38. The summed E-state index contributed by atoms with van der Waals surface area (Å²) in [7, 11) is 0.882. The molecule has 12 heavy (non-hydrogen) atoms. The van der Waals surface area contributed by atoms with E-state index in [4.69, 9.17) is 0 Å². The number of rotatable bonds is 1. The minimum Gasteiger partial charge on any atom is -0.236 e. The molecule has 1 aromatic heterocycles. The van der Waals surface area contributed by atoms with Crippen molar-refractivity contribution in [3.8, 4) is 0 Å². The van der Waals surface area contributed by atoms with E-state index in [-0.39, 0.29) is 5.03 Å².